The van der Waals surface area contributed by atoms with Crippen LogP contribution in [0.1, 0.15) is 13.8 Å². The summed E-state index contributed by atoms with van der Waals surface area (Å²) < 4.78 is 4.55. The van der Waals surface area contributed by atoms with Gasteiger partial charge in [-0.1, -0.05) is 6.92 Å². The van der Waals surface area contributed by atoms with E-state index in [2.05, 4.69) is 4.74 Å². The second kappa shape index (κ2) is 6.83. The lowest BCUT2D eigenvalue weighted by atomic mass is 10.2. The fourth-order valence-corrected chi connectivity index (χ4v) is 1.37. The molecule has 7 nitrogen and oxygen atoms in total. The van der Waals surface area contributed by atoms with E-state index in [4.69, 9.17) is 5.11 Å². The average molecular weight is 260 g/mol. The predicted octanol–water partition coefficient (Wildman–Crippen LogP) is 0.252. The number of carbonyl (C=O) groups is 3. The first-order valence-electron chi connectivity index (χ1n) is 5.50. The zero-order valence-corrected chi connectivity index (χ0v) is 11.3. The number of carboxylic acids is 1. The van der Waals surface area contributed by atoms with Crippen molar-refractivity contribution in [3.8, 4) is 0 Å². The number of amides is 2. The van der Waals surface area contributed by atoms with Gasteiger partial charge in [0.2, 0.25) is 0 Å². The molecule has 0 radical (unpaired) electrons. The first-order valence-corrected chi connectivity index (χ1v) is 5.50. The number of nitrogens with zero attached hydrogens (tertiary/aromatic N) is 2. The van der Waals surface area contributed by atoms with Crippen LogP contribution in [-0.2, 0) is 14.3 Å². The molecule has 0 aromatic rings. The summed E-state index contributed by atoms with van der Waals surface area (Å²) in [6.45, 7) is 3.22. The molecule has 0 rings (SSSR count). The Hall–Kier alpha value is -1.79. The third-order valence-electron chi connectivity index (χ3n) is 2.72. The van der Waals surface area contributed by atoms with Crippen molar-refractivity contribution in [2.45, 2.75) is 19.9 Å². The highest BCUT2D eigenvalue weighted by Gasteiger charge is 2.26. The molecule has 0 saturated heterocycles. The van der Waals surface area contributed by atoms with Crippen molar-refractivity contribution >= 4 is 18.0 Å². The predicted molar refractivity (Wildman–Crippen MR) is 64.1 cm³/mol. The summed E-state index contributed by atoms with van der Waals surface area (Å²) in [5.74, 6) is -1.96. The number of hydrogen-bond acceptors (Lipinski definition) is 4. The number of rotatable bonds is 5. The summed E-state index contributed by atoms with van der Waals surface area (Å²) in [7, 11) is 4.19. The number of methoxy groups -OCH3 is 1. The fraction of sp³-hybridized carbons (Fsp3) is 0.727. The third kappa shape index (κ3) is 4.23. The van der Waals surface area contributed by atoms with Gasteiger partial charge in [0.1, 0.15) is 6.04 Å². The average Bonchev–Trinajstić information content (AvgIpc) is 2.34. The molecule has 18 heavy (non-hydrogen) atoms. The van der Waals surface area contributed by atoms with Crippen molar-refractivity contribution < 1.29 is 24.2 Å². The molecule has 2 unspecified atom stereocenters. The zero-order valence-electron chi connectivity index (χ0n) is 11.3. The number of ether oxygens (including phenoxy) is 1. The summed E-state index contributed by atoms with van der Waals surface area (Å²) in [5, 5.41) is 8.80. The normalized spacial score (nSPS) is 13.4. The van der Waals surface area contributed by atoms with Gasteiger partial charge < -0.3 is 19.6 Å². The van der Waals surface area contributed by atoms with Crippen LogP contribution >= 0.6 is 0 Å². The van der Waals surface area contributed by atoms with E-state index in [1.54, 1.807) is 6.92 Å². The van der Waals surface area contributed by atoms with Crippen LogP contribution in [0.5, 0.6) is 0 Å². The van der Waals surface area contributed by atoms with Crippen LogP contribution in [0.4, 0.5) is 4.79 Å². The highest BCUT2D eigenvalue weighted by Crippen LogP contribution is 2.05. The molecule has 0 heterocycles. The lowest BCUT2D eigenvalue weighted by Crippen LogP contribution is -2.47. The third-order valence-corrected chi connectivity index (χ3v) is 2.72. The topological polar surface area (TPSA) is 87.2 Å². The molecule has 0 aliphatic carbocycles. The molecule has 0 aliphatic rings. The maximum atomic E-state index is 11.9. The fourth-order valence-electron chi connectivity index (χ4n) is 1.37. The summed E-state index contributed by atoms with van der Waals surface area (Å²) in [6.07, 6.45) is 0. The van der Waals surface area contributed by atoms with Gasteiger partial charge in [0, 0.05) is 20.6 Å². The van der Waals surface area contributed by atoms with E-state index in [1.165, 1.54) is 33.0 Å². The van der Waals surface area contributed by atoms with Gasteiger partial charge in [0.25, 0.3) is 0 Å². The molecule has 0 aromatic heterocycles. The van der Waals surface area contributed by atoms with E-state index in [1.807, 2.05) is 0 Å². The molecular formula is C11H20N2O5. The molecular weight excluding hydrogens is 240 g/mol. The summed E-state index contributed by atoms with van der Waals surface area (Å²) in [5.41, 5.74) is 0. The van der Waals surface area contributed by atoms with Gasteiger partial charge in [0.05, 0.1) is 13.0 Å². The number of esters is 1. The van der Waals surface area contributed by atoms with E-state index >= 15 is 0 Å². The maximum absolute atomic E-state index is 11.9. The minimum atomic E-state index is -1.08. The second-order valence-corrected chi connectivity index (χ2v) is 4.21. The van der Waals surface area contributed by atoms with E-state index in [0.29, 0.717) is 0 Å². The van der Waals surface area contributed by atoms with Crippen LogP contribution < -0.4 is 0 Å². The highest BCUT2D eigenvalue weighted by atomic mass is 16.5. The number of urea groups is 1. The minimum Gasteiger partial charge on any atom is -0.480 e. The van der Waals surface area contributed by atoms with E-state index in [9.17, 15) is 14.4 Å². The monoisotopic (exact) mass is 260 g/mol. The Labute approximate surface area is 106 Å². The first-order chi connectivity index (χ1) is 8.22. The Morgan fingerprint density at radius 2 is 1.72 bits per heavy atom. The van der Waals surface area contributed by atoms with E-state index in [0.717, 1.165) is 4.90 Å². The van der Waals surface area contributed by atoms with Gasteiger partial charge in [-0.15, -0.1) is 0 Å². The second-order valence-electron chi connectivity index (χ2n) is 4.21. The molecule has 0 fully saturated rings. The Kier molecular flexibility index (Phi) is 6.15. The van der Waals surface area contributed by atoms with Crippen molar-refractivity contribution in [1.29, 1.82) is 0 Å². The number of carbonyl (C=O) groups excluding carboxylic acids is 2. The summed E-state index contributed by atoms with van der Waals surface area (Å²) in [6, 6.07) is -1.38. The lowest BCUT2D eigenvalue weighted by molar-refractivity contribution is -0.145. The zero-order chi connectivity index (χ0) is 14.5. The van der Waals surface area contributed by atoms with Gasteiger partial charge in [-0.2, -0.15) is 0 Å². The van der Waals surface area contributed by atoms with Crippen LogP contribution in [-0.4, -0.2) is 66.7 Å². The molecule has 7 heteroatoms. The van der Waals surface area contributed by atoms with Crippen molar-refractivity contribution in [3.05, 3.63) is 0 Å². The van der Waals surface area contributed by atoms with Crippen LogP contribution in [0.15, 0.2) is 0 Å². The van der Waals surface area contributed by atoms with Crippen molar-refractivity contribution in [1.82, 2.24) is 9.80 Å². The molecule has 0 bridgehead atoms. The minimum absolute atomic E-state index is 0.169. The first kappa shape index (κ1) is 16.2. The van der Waals surface area contributed by atoms with E-state index < -0.39 is 29.9 Å². The standard InChI is InChI=1S/C11H20N2O5/c1-7(10(16)18-5)6-12(3)11(17)13(4)8(2)9(14)15/h7-8H,6H2,1-5H3,(H,14,15). The van der Waals surface area contributed by atoms with Crippen LogP contribution in [0.25, 0.3) is 0 Å². The van der Waals surface area contributed by atoms with Gasteiger partial charge in [-0.3, -0.25) is 4.79 Å². The lowest BCUT2D eigenvalue weighted by Gasteiger charge is -2.28. The van der Waals surface area contributed by atoms with Gasteiger partial charge in [-0.25, -0.2) is 9.59 Å². The number of carboxylic acid groups (broad SMARTS) is 1. The summed E-state index contributed by atoms with van der Waals surface area (Å²) in [4.78, 5) is 36.2. The Morgan fingerprint density at radius 3 is 2.11 bits per heavy atom. The van der Waals surface area contributed by atoms with Crippen molar-refractivity contribution in [2.24, 2.45) is 5.92 Å². The molecule has 0 aromatic carbocycles. The highest BCUT2D eigenvalue weighted by molar-refractivity contribution is 5.82. The largest absolute Gasteiger partial charge is 0.480 e. The molecule has 2 atom stereocenters. The van der Waals surface area contributed by atoms with Gasteiger partial charge >= 0.3 is 18.0 Å². The number of likely N-dealkylation sites (N-methyl/N-ethyl adjacent to an activating group) is 1. The van der Waals surface area contributed by atoms with Crippen LogP contribution in [0, 0.1) is 5.92 Å². The molecule has 1 N–H and O–H groups in total. The Bertz CT molecular complexity index is 331. The maximum Gasteiger partial charge on any atom is 0.326 e. The Morgan fingerprint density at radius 1 is 1.22 bits per heavy atom. The van der Waals surface area contributed by atoms with Crippen LogP contribution in [0.2, 0.25) is 0 Å². The van der Waals surface area contributed by atoms with Crippen molar-refractivity contribution in [3.63, 3.8) is 0 Å². The molecule has 0 aliphatic heterocycles. The molecule has 2 amide bonds. The smallest absolute Gasteiger partial charge is 0.326 e. The number of hydrogen-bond donors (Lipinski definition) is 1. The Balaban J connectivity index is 4.51. The molecule has 104 valence electrons. The quantitative estimate of drug-likeness (QED) is 0.716. The SMILES string of the molecule is COC(=O)C(C)CN(C)C(=O)N(C)C(C)C(=O)O. The molecule has 0 saturated carbocycles. The number of aliphatic carboxylic acids is 1. The van der Waals surface area contributed by atoms with Gasteiger partial charge in [-0.05, 0) is 6.92 Å². The van der Waals surface area contributed by atoms with E-state index in [-0.39, 0.29) is 6.54 Å². The summed E-state index contributed by atoms with van der Waals surface area (Å²) >= 11 is 0. The van der Waals surface area contributed by atoms with Crippen LogP contribution in [0.3, 0.4) is 0 Å². The van der Waals surface area contributed by atoms with Gasteiger partial charge in [0.15, 0.2) is 0 Å². The molecule has 0 spiro atoms. The van der Waals surface area contributed by atoms with Crippen molar-refractivity contribution in [2.75, 3.05) is 27.7 Å².